The molecule has 134 valence electrons. The topological polar surface area (TPSA) is 133 Å². The maximum Gasteiger partial charge on any atom is 0.246 e. The zero-order valence-corrected chi connectivity index (χ0v) is 14.9. The summed E-state index contributed by atoms with van der Waals surface area (Å²) in [6, 6.07) is 4.51. The standard InChI is InChI=1S/C16H25N3O4S/c1-3-7-12(8-4-2)24(22,23)11-16(18,15(17)21)14(20)13-9-5-6-10-19-13/h5-6,9-10,12H,3-4,7-8,11,18H2,1-2H3,(H2,17,21). The maximum absolute atomic E-state index is 12.7. The summed E-state index contributed by atoms with van der Waals surface area (Å²) in [6.45, 7) is 3.75. The van der Waals surface area contributed by atoms with Crippen molar-refractivity contribution in [3.8, 4) is 0 Å². The van der Waals surface area contributed by atoms with Gasteiger partial charge in [0.25, 0.3) is 0 Å². The normalized spacial score (nSPS) is 14.3. The molecule has 4 N–H and O–H groups in total. The fourth-order valence-corrected chi connectivity index (χ4v) is 4.89. The van der Waals surface area contributed by atoms with E-state index in [-0.39, 0.29) is 5.69 Å². The zero-order chi connectivity index (χ0) is 18.4. The van der Waals surface area contributed by atoms with Gasteiger partial charge in [0.2, 0.25) is 11.7 Å². The molecule has 1 heterocycles. The number of nitrogens with two attached hydrogens (primary N) is 2. The molecule has 1 unspecified atom stereocenters. The van der Waals surface area contributed by atoms with Gasteiger partial charge in [-0.25, -0.2) is 8.42 Å². The van der Waals surface area contributed by atoms with Crippen molar-refractivity contribution in [2.45, 2.75) is 50.3 Å². The Morgan fingerprint density at radius 3 is 2.21 bits per heavy atom. The van der Waals surface area contributed by atoms with Crippen LogP contribution in [-0.2, 0) is 14.6 Å². The summed E-state index contributed by atoms with van der Waals surface area (Å²) in [5.41, 5.74) is 8.76. The Morgan fingerprint density at radius 2 is 1.79 bits per heavy atom. The van der Waals surface area contributed by atoms with Crippen LogP contribution >= 0.6 is 0 Å². The minimum atomic E-state index is -3.78. The number of aromatic nitrogens is 1. The van der Waals surface area contributed by atoms with Crippen LogP contribution in [0.2, 0.25) is 0 Å². The van der Waals surface area contributed by atoms with Gasteiger partial charge in [0.1, 0.15) is 5.69 Å². The molecular formula is C16H25N3O4S. The van der Waals surface area contributed by atoms with Crippen LogP contribution in [0.3, 0.4) is 0 Å². The SMILES string of the molecule is CCCC(CCC)S(=O)(=O)CC(N)(C(N)=O)C(=O)c1ccccn1. The number of nitrogens with zero attached hydrogens (tertiary/aromatic N) is 1. The van der Waals surface area contributed by atoms with Gasteiger partial charge in [0.05, 0.1) is 11.0 Å². The lowest BCUT2D eigenvalue weighted by Crippen LogP contribution is -2.63. The molecule has 1 atom stereocenters. The average molecular weight is 355 g/mol. The van der Waals surface area contributed by atoms with Crippen molar-refractivity contribution in [3.05, 3.63) is 30.1 Å². The van der Waals surface area contributed by atoms with E-state index in [9.17, 15) is 18.0 Å². The predicted octanol–water partition coefficient (Wildman–Crippen LogP) is 0.831. The van der Waals surface area contributed by atoms with Crippen LogP contribution in [0.5, 0.6) is 0 Å². The van der Waals surface area contributed by atoms with E-state index in [2.05, 4.69) is 4.98 Å². The van der Waals surface area contributed by atoms with Crippen molar-refractivity contribution in [2.24, 2.45) is 11.5 Å². The lowest BCUT2D eigenvalue weighted by atomic mass is 9.94. The number of carbonyl (C=O) groups excluding carboxylic acids is 2. The van der Waals surface area contributed by atoms with E-state index in [0.717, 1.165) is 0 Å². The number of hydrogen-bond donors (Lipinski definition) is 2. The van der Waals surface area contributed by atoms with Crippen LogP contribution in [0.25, 0.3) is 0 Å². The molecule has 8 heteroatoms. The minimum Gasteiger partial charge on any atom is -0.368 e. The van der Waals surface area contributed by atoms with Gasteiger partial charge in [-0.05, 0) is 25.0 Å². The third-order valence-electron chi connectivity index (χ3n) is 3.90. The van der Waals surface area contributed by atoms with E-state index in [0.29, 0.717) is 25.7 Å². The third-order valence-corrected chi connectivity index (χ3v) is 6.25. The Hall–Kier alpha value is -1.80. The highest BCUT2D eigenvalue weighted by molar-refractivity contribution is 7.92. The smallest absolute Gasteiger partial charge is 0.246 e. The van der Waals surface area contributed by atoms with Crippen molar-refractivity contribution >= 4 is 21.5 Å². The predicted molar refractivity (Wildman–Crippen MR) is 92.1 cm³/mol. The second-order valence-corrected chi connectivity index (χ2v) is 8.17. The molecule has 0 bridgehead atoms. The number of Topliss-reactive ketones (excluding diaryl/α,β-unsaturated/α-hetero) is 1. The van der Waals surface area contributed by atoms with Gasteiger partial charge in [0.15, 0.2) is 15.4 Å². The number of primary amides is 1. The Kier molecular flexibility index (Phi) is 7.04. The molecule has 7 nitrogen and oxygen atoms in total. The van der Waals surface area contributed by atoms with E-state index in [4.69, 9.17) is 11.5 Å². The lowest BCUT2D eigenvalue weighted by molar-refractivity contribution is -0.120. The third kappa shape index (κ3) is 4.61. The summed E-state index contributed by atoms with van der Waals surface area (Å²) in [4.78, 5) is 28.3. The van der Waals surface area contributed by atoms with Gasteiger partial charge >= 0.3 is 0 Å². The van der Waals surface area contributed by atoms with E-state index >= 15 is 0 Å². The fourth-order valence-electron chi connectivity index (χ4n) is 2.56. The summed E-state index contributed by atoms with van der Waals surface area (Å²) in [6.07, 6.45) is 3.60. The van der Waals surface area contributed by atoms with Crippen LogP contribution in [0, 0.1) is 0 Å². The molecule has 24 heavy (non-hydrogen) atoms. The van der Waals surface area contributed by atoms with Crippen molar-refractivity contribution < 1.29 is 18.0 Å². The van der Waals surface area contributed by atoms with Crippen molar-refractivity contribution in [1.82, 2.24) is 4.98 Å². The van der Waals surface area contributed by atoms with Gasteiger partial charge in [0, 0.05) is 6.20 Å². The van der Waals surface area contributed by atoms with Gasteiger partial charge in [-0.15, -0.1) is 0 Å². The molecule has 0 aliphatic rings. The minimum absolute atomic E-state index is 0.0865. The highest BCUT2D eigenvalue weighted by atomic mass is 32.2. The lowest BCUT2D eigenvalue weighted by Gasteiger charge is -2.26. The van der Waals surface area contributed by atoms with Gasteiger partial charge in [-0.1, -0.05) is 32.8 Å². The van der Waals surface area contributed by atoms with E-state index in [1.807, 2.05) is 13.8 Å². The van der Waals surface area contributed by atoms with Crippen molar-refractivity contribution in [3.63, 3.8) is 0 Å². The van der Waals surface area contributed by atoms with Crippen LogP contribution in [0.4, 0.5) is 0 Å². The summed E-state index contributed by atoms with van der Waals surface area (Å²) < 4.78 is 25.4. The van der Waals surface area contributed by atoms with Crippen LogP contribution < -0.4 is 11.5 Å². The number of pyridine rings is 1. The first-order valence-electron chi connectivity index (χ1n) is 7.95. The van der Waals surface area contributed by atoms with Crippen LogP contribution in [-0.4, -0.2) is 41.6 Å². The largest absolute Gasteiger partial charge is 0.368 e. The Balaban J connectivity index is 3.20. The van der Waals surface area contributed by atoms with E-state index < -0.39 is 38.1 Å². The molecule has 1 rings (SSSR count). The van der Waals surface area contributed by atoms with Crippen molar-refractivity contribution in [2.75, 3.05) is 5.75 Å². The first-order valence-corrected chi connectivity index (χ1v) is 9.66. The number of hydrogen-bond acceptors (Lipinski definition) is 6. The Morgan fingerprint density at radius 1 is 1.21 bits per heavy atom. The van der Waals surface area contributed by atoms with Crippen LogP contribution in [0.15, 0.2) is 24.4 Å². The summed E-state index contributed by atoms with van der Waals surface area (Å²) in [5.74, 6) is -2.87. The van der Waals surface area contributed by atoms with E-state index in [1.165, 1.54) is 12.3 Å². The monoisotopic (exact) mass is 355 g/mol. The molecule has 1 aromatic rings. The molecule has 0 spiro atoms. The molecule has 1 aromatic heterocycles. The second-order valence-electron chi connectivity index (χ2n) is 5.89. The Bertz CT molecular complexity index is 670. The quantitative estimate of drug-likeness (QED) is 0.472. The average Bonchev–Trinajstić information content (AvgIpc) is 2.54. The first kappa shape index (κ1) is 20.2. The molecule has 0 aromatic carbocycles. The first-order chi connectivity index (χ1) is 11.2. The number of carbonyl (C=O) groups is 2. The van der Waals surface area contributed by atoms with E-state index in [1.54, 1.807) is 12.1 Å². The molecule has 0 aliphatic heterocycles. The number of sulfone groups is 1. The Labute approximate surface area is 142 Å². The highest BCUT2D eigenvalue weighted by Gasteiger charge is 2.46. The molecule has 0 aliphatic carbocycles. The molecule has 0 radical (unpaired) electrons. The summed E-state index contributed by atoms with van der Waals surface area (Å²) in [5, 5.41) is -0.647. The number of amides is 1. The van der Waals surface area contributed by atoms with Crippen molar-refractivity contribution in [1.29, 1.82) is 0 Å². The molecule has 0 saturated heterocycles. The maximum atomic E-state index is 12.7. The molecular weight excluding hydrogens is 330 g/mol. The highest BCUT2D eigenvalue weighted by Crippen LogP contribution is 2.21. The fraction of sp³-hybridized carbons (Fsp3) is 0.562. The molecule has 1 amide bonds. The number of ketones is 1. The molecule has 0 fully saturated rings. The van der Waals surface area contributed by atoms with Gasteiger partial charge in [-0.3, -0.25) is 14.6 Å². The molecule has 0 saturated carbocycles. The second kappa shape index (κ2) is 8.34. The van der Waals surface area contributed by atoms with Gasteiger partial charge in [-0.2, -0.15) is 0 Å². The van der Waals surface area contributed by atoms with Crippen LogP contribution in [0.1, 0.15) is 50.0 Å². The zero-order valence-electron chi connectivity index (χ0n) is 14.1. The summed E-state index contributed by atoms with van der Waals surface area (Å²) >= 11 is 0. The number of rotatable bonds is 10. The van der Waals surface area contributed by atoms with Gasteiger partial charge < -0.3 is 11.5 Å². The summed E-state index contributed by atoms with van der Waals surface area (Å²) in [7, 11) is -3.78.